The first-order valence-electron chi connectivity index (χ1n) is 10.1. The second-order valence-corrected chi connectivity index (χ2v) is 8.00. The third-order valence-corrected chi connectivity index (χ3v) is 5.52. The van der Waals surface area contributed by atoms with Gasteiger partial charge in [0.1, 0.15) is 5.52 Å². The summed E-state index contributed by atoms with van der Waals surface area (Å²) in [4.78, 5) is 32.8. The van der Waals surface area contributed by atoms with Crippen LogP contribution in [0, 0.1) is 0 Å². The molecule has 4 aromatic rings. The van der Waals surface area contributed by atoms with Gasteiger partial charge in [-0.1, -0.05) is 24.3 Å². The van der Waals surface area contributed by atoms with Crippen LogP contribution in [0.5, 0.6) is 0 Å². The number of carbonyl (C=O) groups excluding carboxylic acids is 2. The standard InChI is InChI=1S/C24H20N4O5S/c1-15(29)17-5-2-16(3-6-17)4-13-23(30)26-19-9-7-18(8-10-19)24-27-21-12-11-20(34-33-32-25)14-22(21)28(24)31/h2-14,31H,25H2,1H3,(H,26,30). The largest absolute Gasteiger partial charge is 0.426 e. The fraction of sp³-hybridized carbons (Fsp3) is 0.0417. The number of anilines is 1. The van der Waals surface area contributed by atoms with Crippen molar-refractivity contribution in [3.05, 3.63) is 83.9 Å². The van der Waals surface area contributed by atoms with Gasteiger partial charge < -0.3 is 10.5 Å². The van der Waals surface area contributed by atoms with Gasteiger partial charge in [0.15, 0.2) is 11.6 Å². The van der Waals surface area contributed by atoms with E-state index in [1.165, 1.54) is 13.0 Å². The first-order chi connectivity index (χ1) is 16.4. The molecule has 3 aromatic carbocycles. The lowest BCUT2D eigenvalue weighted by Crippen LogP contribution is -2.07. The molecule has 0 saturated heterocycles. The number of fused-ring (bicyclic) bond motifs is 1. The number of aromatic nitrogens is 2. The van der Waals surface area contributed by atoms with E-state index >= 15 is 0 Å². The maximum atomic E-state index is 12.3. The fourth-order valence-corrected chi connectivity index (χ4v) is 3.63. The van der Waals surface area contributed by atoms with E-state index in [1.54, 1.807) is 72.8 Å². The number of Topliss-reactive ketones (excluding diaryl/α,β-unsaturated/α-hetero) is 1. The SMILES string of the molecule is CC(=O)c1ccc(C=CC(=O)Nc2ccc(-c3nc4ccc(SOON)cc4n3O)cc2)cc1. The molecule has 9 nitrogen and oxygen atoms in total. The molecule has 10 heteroatoms. The molecule has 172 valence electrons. The Hall–Kier alpha value is -3.96. The van der Waals surface area contributed by atoms with Crippen molar-refractivity contribution in [3.63, 3.8) is 0 Å². The molecule has 0 bridgehead atoms. The molecule has 0 atom stereocenters. The van der Waals surface area contributed by atoms with Gasteiger partial charge in [0.25, 0.3) is 0 Å². The van der Waals surface area contributed by atoms with Crippen LogP contribution in [0.4, 0.5) is 5.69 Å². The van der Waals surface area contributed by atoms with E-state index in [2.05, 4.69) is 19.6 Å². The van der Waals surface area contributed by atoms with Crippen LogP contribution in [0.1, 0.15) is 22.8 Å². The summed E-state index contributed by atoms with van der Waals surface area (Å²) in [5.74, 6) is 4.89. The van der Waals surface area contributed by atoms with E-state index in [4.69, 9.17) is 5.90 Å². The Balaban J connectivity index is 1.44. The highest BCUT2D eigenvalue weighted by Crippen LogP contribution is 2.28. The average molecular weight is 477 g/mol. The van der Waals surface area contributed by atoms with Crippen LogP contribution in [0.15, 0.2) is 77.7 Å². The lowest BCUT2D eigenvalue weighted by molar-refractivity contribution is -0.195. The van der Waals surface area contributed by atoms with E-state index < -0.39 is 0 Å². The summed E-state index contributed by atoms with van der Waals surface area (Å²) in [6, 6.07) is 19.1. The number of nitrogens with two attached hydrogens (primary N) is 1. The summed E-state index contributed by atoms with van der Waals surface area (Å²) in [7, 11) is 0. The summed E-state index contributed by atoms with van der Waals surface area (Å²) >= 11 is 0.902. The highest BCUT2D eigenvalue weighted by atomic mass is 32.2. The number of benzene rings is 3. The van der Waals surface area contributed by atoms with Crippen LogP contribution in [0.25, 0.3) is 28.5 Å². The Morgan fingerprint density at radius 3 is 2.50 bits per heavy atom. The van der Waals surface area contributed by atoms with E-state index in [1.807, 2.05) is 0 Å². The Morgan fingerprint density at radius 1 is 1.09 bits per heavy atom. The van der Waals surface area contributed by atoms with Gasteiger partial charge >= 0.3 is 0 Å². The number of nitrogens with zero attached hydrogens (tertiary/aromatic N) is 2. The molecular formula is C24H20N4O5S. The van der Waals surface area contributed by atoms with Gasteiger partial charge in [0.05, 0.1) is 17.6 Å². The minimum Gasteiger partial charge on any atom is -0.426 e. The van der Waals surface area contributed by atoms with Crippen LogP contribution in [0.2, 0.25) is 0 Å². The lowest BCUT2D eigenvalue weighted by atomic mass is 10.1. The fourth-order valence-electron chi connectivity index (χ4n) is 3.23. The minimum atomic E-state index is -0.300. The van der Waals surface area contributed by atoms with Gasteiger partial charge in [0.2, 0.25) is 5.91 Å². The summed E-state index contributed by atoms with van der Waals surface area (Å²) in [5.41, 5.74) is 3.75. The molecule has 1 aromatic heterocycles. The molecule has 0 aliphatic rings. The maximum Gasteiger partial charge on any atom is 0.248 e. The molecule has 4 N–H and O–H groups in total. The molecule has 0 aliphatic carbocycles. The number of imidazole rings is 1. The van der Waals surface area contributed by atoms with Gasteiger partial charge in [-0.15, -0.1) is 9.32 Å². The second kappa shape index (κ2) is 10.3. The van der Waals surface area contributed by atoms with Gasteiger partial charge in [-0.2, -0.15) is 10.6 Å². The van der Waals surface area contributed by atoms with Crippen LogP contribution < -0.4 is 11.2 Å². The summed E-state index contributed by atoms with van der Waals surface area (Å²) in [6.07, 6.45) is 3.08. The third kappa shape index (κ3) is 5.33. The first-order valence-corrected chi connectivity index (χ1v) is 10.8. The van der Waals surface area contributed by atoms with Crippen LogP contribution in [0.3, 0.4) is 0 Å². The highest BCUT2D eigenvalue weighted by molar-refractivity contribution is 7.94. The van der Waals surface area contributed by atoms with Gasteiger partial charge in [-0.3, -0.25) is 9.59 Å². The molecule has 0 radical (unpaired) electrons. The molecule has 34 heavy (non-hydrogen) atoms. The van der Waals surface area contributed by atoms with Gasteiger partial charge in [0, 0.05) is 27.8 Å². The van der Waals surface area contributed by atoms with Crippen LogP contribution >= 0.6 is 12.0 Å². The van der Waals surface area contributed by atoms with Crippen molar-refractivity contribution in [1.82, 2.24) is 9.71 Å². The molecule has 0 saturated carbocycles. The number of ketones is 1. The van der Waals surface area contributed by atoms with Gasteiger partial charge in [-0.05, 0) is 61.0 Å². The minimum absolute atomic E-state index is 0.00977. The molecule has 1 amide bonds. The molecule has 0 unspecified atom stereocenters. The maximum absolute atomic E-state index is 12.3. The van der Waals surface area contributed by atoms with E-state index in [0.717, 1.165) is 22.3 Å². The lowest BCUT2D eigenvalue weighted by Gasteiger charge is -2.05. The Morgan fingerprint density at radius 2 is 1.82 bits per heavy atom. The number of hydrogen-bond donors (Lipinski definition) is 3. The van der Waals surface area contributed by atoms with Crippen molar-refractivity contribution in [2.24, 2.45) is 5.90 Å². The summed E-state index contributed by atoms with van der Waals surface area (Å²) in [6.45, 7) is 1.50. The average Bonchev–Trinajstić information content (AvgIpc) is 3.18. The first kappa shape index (κ1) is 23.2. The molecule has 0 fully saturated rings. The summed E-state index contributed by atoms with van der Waals surface area (Å²) in [5, 5.41) is 13.4. The predicted octanol–water partition coefficient (Wildman–Crippen LogP) is 4.62. The van der Waals surface area contributed by atoms with Crippen LogP contribution in [-0.4, -0.2) is 26.6 Å². The highest BCUT2D eigenvalue weighted by Gasteiger charge is 2.13. The Kier molecular flexibility index (Phi) is 7.04. The summed E-state index contributed by atoms with van der Waals surface area (Å²) < 4.78 is 5.61. The number of hydrogen-bond acceptors (Lipinski definition) is 8. The van der Waals surface area contributed by atoms with E-state index in [0.29, 0.717) is 38.6 Å². The monoisotopic (exact) mass is 476 g/mol. The number of rotatable bonds is 8. The normalized spacial score (nSPS) is 11.2. The molecule has 4 rings (SSSR count). The predicted molar refractivity (Wildman–Crippen MR) is 129 cm³/mol. The van der Waals surface area contributed by atoms with Crippen molar-refractivity contribution < 1.29 is 24.1 Å². The quantitative estimate of drug-likeness (QED) is 0.0839. The third-order valence-electron chi connectivity index (χ3n) is 4.93. The van der Waals surface area contributed by atoms with Crippen molar-refractivity contribution in [2.75, 3.05) is 5.32 Å². The number of carbonyl (C=O) groups is 2. The van der Waals surface area contributed by atoms with E-state index in [9.17, 15) is 14.8 Å². The van der Waals surface area contributed by atoms with Crippen molar-refractivity contribution in [1.29, 1.82) is 0 Å². The Labute approximate surface area is 198 Å². The Bertz CT molecular complexity index is 1360. The van der Waals surface area contributed by atoms with Crippen LogP contribution in [-0.2, 0) is 14.1 Å². The van der Waals surface area contributed by atoms with Crippen molar-refractivity contribution in [3.8, 4) is 11.4 Å². The molecule has 1 heterocycles. The molecule has 0 aliphatic heterocycles. The van der Waals surface area contributed by atoms with Crippen molar-refractivity contribution >= 4 is 46.5 Å². The van der Waals surface area contributed by atoms with E-state index in [-0.39, 0.29) is 11.7 Å². The molecular weight excluding hydrogens is 456 g/mol. The number of nitrogens with one attached hydrogen (secondary N) is 1. The zero-order valence-electron chi connectivity index (χ0n) is 18.0. The zero-order valence-corrected chi connectivity index (χ0v) is 18.8. The smallest absolute Gasteiger partial charge is 0.248 e. The van der Waals surface area contributed by atoms with Gasteiger partial charge in [-0.25, -0.2) is 4.98 Å². The second-order valence-electron chi connectivity index (χ2n) is 7.22. The topological polar surface area (TPSA) is 129 Å². The molecule has 0 spiro atoms. The number of amides is 1. The zero-order chi connectivity index (χ0) is 24.1. The van der Waals surface area contributed by atoms with Crippen molar-refractivity contribution in [2.45, 2.75) is 11.8 Å².